The van der Waals surface area contributed by atoms with Crippen LogP contribution in [0.5, 0.6) is 11.9 Å². The van der Waals surface area contributed by atoms with E-state index in [1.165, 1.54) is 0 Å². The predicted octanol–water partition coefficient (Wildman–Crippen LogP) is 4.62. The van der Waals surface area contributed by atoms with E-state index in [0.29, 0.717) is 0 Å². The molecule has 2 aliphatic rings. The van der Waals surface area contributed by atoms with Gasteiger partial charge in [0.05, 0.1) is 15.4 Å². The second-order valence-electron chi connectivity index (χ2n) is 7.30. The first-order valence-electron chi connectivity index (χ1n) is 9.11. The van der Waals surface area contributed by atoms with Gasteiger partial charge in [0, 0.05) is 0 Å². The molecule has 0 radical (unpaired) electrons. The van der Waals surface area contributed by atoms with Gasteiger partial charge in [0.25, 0.3) is 0 Å². The SMILES string of the molecule is Fc1cc2c(OCC(F)(F)F)nc(OCC34CCCN3CCC4)nc2c(F)c1Br. The molecule has 1 aromatic heterocycles. The van der Waals surface area contributed by atoms with Crippen molar-refractivity contribution in [2.45, 2.75) is 37.4 Å². The molecule has 2 aliphatic heterocycles. The van der Waals surface area contributed by atoms with Gasteiger partial charge < -0.3 is 9.47 Å². The third-order valence-corrected chi connectivity index (χ3v) is 6.15. The lowest BCUT2D eigenvalue weighted by atomic mass is 9.95. The second-order valence-corrected chi connectivity index (χ2v) is 8.10. The monoisotopic (exact) mass is 481 g/mol. The Hall–Kier alpha value is -1.75. The molecule has 0 saturated carbocycles. The van der Waals surface area contributed by atoms with E-state index < -0.39 is 34.8 Å². The van der Waals surface area contributed by atoms with E-state index in [2.05, 4.69) is 30.8 Å². The Kier molecular flexibility index (Phi) is 5.30. The van der Waals surface area contributed by atoms with E-state index in [1.54, 1.807) is 0 Å². The lowest BCUT2D eigenvalue weighted by molar-refractivity contribution is -0.153. The number of hydrogen-bond acceptors (Lipinski definition) is 5. The zero-order chi connectivity index (χ0) is 20.8. The zero-order valence-corrected chi connectivity index (χ0v) is 16.7. The Labute approximate surface area is 171 Å². The standard InChI is InChI=1S/C18H17BrF5N3O2/c19-12-11(20)7-10-14(13(12)21)25-16(26-15(10)28-9-18(22,23)24)29-8-17-3-1-5-27(17)6-2-4-17/h7H,1-6,8-9H2. The van der Waals surface area contributed by atoms with Crippen molar-refractivity contribution in [3.8, 4) is 11.9 Å². The molecular formula is C18H17BrF5N3O2. The highest BCUT2D eigenvalue weighted by Gasteiger charge is 2.45. The normalized spacial score (nSPS) is 19.0. The fourth-order valence-corrected chi connectivity index (χ4v) is 4.41. The van der Waals surface area contributed by atoms with Gasteiger partial charge in [-0.25, -0.2) is 8.78 Å². The van der Waals surface area contributed by atoms with Crippen LogP contribution in [0.4, 0.5) is 22.0 Å². The van der Waals surface area contributed by atoms with Crippen LogP contribution in [0.15, 0.2) is 10.5 Å². The molecule has 0 unspecified atom stereocenters. The summed E-state index contributed by atoms with van der Waals surface area (Å²) >= 11 is 2.77. The van der Waals surface area contributed by atoms with Crippen LogP contribution in [0.25, 0.3) is 10.9 Å². The van der Waals surface area contributed by atoms with Crippen LogP contribution in [0.3, 0.4) is 0 Å². The van der Waals surface area contributed by atoms with E-state index >= 15 is 0 Å². The predicted molar refractivity (Wildman–Crippen MR) is 97.0 cm³/mol. The molecule has 2 fully saturated rings. The maximum absolute atomic E-state index is 14.5. The summed E-state index contributed by atoms with van der Waals surface area (Å²) in [5.74, 6) is -2.65. The van der Waals surface area contributed by atoms with Crippen LogP contribution in [-0.4, -0.2) is 52.9 Å². The van der Waals surface area contributed by atoms with Crippen molar-refractivity contribution in [1.82, 2.24) is 14.9 Å². The van der Waals surface area contributed by atoms with Crippen molar-refractivity contribution in [2.24, 2.45) is 0 Å². The van der Waals surface area contributed by atoms with Gasteiger partial charge in [-0.1, -0.05) is 0 Å². The molecule has 5 nitrogen and oxygen atoms in total. The number of halogens is 6. The number of aromatic nitrogens is 2. The lowest BCUT2D eigenvalue weighted by Crippen LogP contribution is -2.43. The summed E-state index contributed by atoms with van der Waals surface area (Å²) in [5.41, 5.74) is -0.541. The fourth-order valence-electron chi connectivity index (χ4n) is 4.11. The highest BCUT2D eigenvalue weighted by molar-refractivity contribution is 9.10. The molecule has 0 bridgehead atoms. The Morgan fingerprint density at radius 2 is 1.79 bits per heavy atom. The Morgan fingerprint density at radius 3 is 2.45 bits per heavy atom. The van der Waals surface area contributed by atoms with Gasteiger partial charge in [-0.2, -0.15) is 23.1 Å². The van der Waals surface area contributed by atoms with Gasteiger partial charge in [0.15, 0.2) is 12.4 Å². The van der Waals surface area contributed by atoms with Crippen molar-refractivity contribution < 1.29 is 31.4 Å². The van der Waals surface area contributed by atoms with E-state index in [9.17, 15) is 22.0 Å². The van der Waals surface area contributed by atoms with Crippen LogP contribution in [0.2, 0.25) is 0 Å². The quantitative estimate of drug-likeness (QED) is 0.460. The van der Waals surface area contributed by atoms with E-state index in [4.69, 9.17) is 9.47 Å². The average molecular weight is 482 g/mol. The van der Waals surface area contributed by atoms with Gasteiger partial charge in [-0.05, 0) is 60.8 Å². The topological polar surface area (TPSA) is 47.5 Å². The number of alkyl halides is 3. The molecule has 11 heteroatoms. The molecule has 0 amide bonds. The fraction of sp³-hybridized carbons (Fsp3) is 0.556. The first-order chi connectivity index (χ1) is 13.7. The van der Waals surface area contributed by atoms with Crippen molar-refractivity contribution in [3.05, 3.63) is 22.2 Å². The smallest absolute Gasteiger partial charge is 0.422 e. The minimum atomic E-state index is -4.64. The molecule has 0 N–H and O–H groups in total. The molecule has 0 aliphatic carbocycles. The number of hydrogen-bond donors (Lipinski definition) is 0. The Balaban J connectivity index is 1.68. The largest absolute Gasteiger partial charge is 0.467 e. The Morgan fingerprint density at radius 1 is 1.10 bits per heavy atom. The van der Waals surface area contributed by atoms with Gasteiger partial charge >= 0.3 is 12.2 Å². The van der Waals surface area contributed by atoms with Crippen molar-refractivity contribution >= 4 is 26.8 Å². The van der Waals surface area contributed by atoms with Crippen molar-refractivity contribution in [3.63, 3.8) is 0 Å². The van der Waals surface area contributed by atoms with Crippen molar-refractivity contribution in [2.75, 3.05) is 26.3 Å². The maximum atomic E-state index is 14.5. The van der Waals surface area contributed by atoms with Gasteiger partial charge in [0.2, 0.25) is 5.88 Å². The summed E-state index contributed by atoms with van der Waals surface area (Å²) in [6.07, 6.45) is -0.713. The lowest BCUT2D eigenvalue weighted by Gasteiger charge is -2.31. The van der Waals surface area contributed by atoms with Gasteiger partial charge in [-0.15, -0.1) is 0 Å². The molecule has 0 spiro atoms. The molecule has 0 atom stereocenters. The third kappa shape index (κ3) is 3.98. The average Bonchev–Trinajstić information content (AvgIpc) is 3.23. The van der Waals surface area contributed by atoms with Gasteiger partial charge in [-0.3, -0.25) is 4.90 Å². The summed E-state index contributed by atoms with van der Waals surface area (Å²) in [4.78, 5) is 10.2. The first-order valence-corrected chi connectivity index (χ1v) is 9.90. The number of rotatable bonds is 5. The summed E-state index contributed by atoms with van der Waals surface area (Å²) < 4.78 is 76.2. The molecule has 2 aromatic rings. The van der Waals surface area contributed by atoms with Gasteiger partial charge in [0.1, 0.15) is 17.9 Å². The molecule has 4 rings (SSSR count). The van der Waals surface area contributed by atoms with Crippen LogP contribution in [0.1, 0.15) is 25.7 Å². The second kappa shape index (κ2) is 7.50. The van der Waals surface area contributed by atoms with Crippen LogP contribution < -0.4 is 9.47 Å². The van der Waals surface area contributed by atoms with E-state index in [1.807, 2.05) is 0 Å². The van der Waals surface area contributed by atoms with Crippen molar-refractivity contribution in [1.29, 1.82) is 0 Å². The molecule has 158 valence electrons. The van der Waals surface area contributed by atoms with E-state index in [0.717, 1.165) is 44.8 Å². The zero-order valence-electron chi connectivity index (χ0n) is 15.2. The summed E-state index contributed by atoms with van der Waals surface area (Å²) in [7, 11) is 0. The number of benzene rings is 1. The van der Waals surface area contributed by atoms with Crippen LogP contribution in [0, 0.1) is 11.6 Å². The third-order valence-electron chi connectivity index (χ3n) is 5.43. The van der Waals surface area contributed by atoms with E-state index in [-0.39, 0.29) is 29.1 Å². The minimum Gasteiger partial charge on any atom is -0.467 e. The Bertz CT molecular complexity index is 930. The number of nitrogens with zero attached hydrogens (tertiary/aromatic N) is 3. The molecule has 29 heavy (non-hydrogen) atoms. The van der Waals surface area contributed by atoms with Crippen LogP contribution >= 0.6 is 15.9 Å². The van der Waals surface area contributed by atoms with Crippen LogP contribution in [-0.2, 0) is 0 Å². The first kappa shape index (κ1) is 20.5. The number of ether oxygens (including phenoxy) is 2. The number of fused-ring (bicyclic) bond motifs is 2. The maximum Gasteiger partial charge on any atom is 0.422 e. The summed E-state index contributed by atoms with van der Waals surface area (Å²) in [6.45, 7) is 0.502. The summed E-state index contributed by atoms with van der Waals surface area (Å²) in [6, 6.07) is 0.520. The molecule has 1 aromatic carbocycles. The molecular weight excluding hydrogens is 465 g/mol. The highest BCUT2D eigenvalue weighted by atomic mass is 79.9. The molecule has 3 heterocycles. The highest BCUT2D eigenvalue weighted by Crippen LogP contribution is 2.39. The summed E-state index contributed by atoms with van der Waals surface area (Å²) in [5, 5.41) is -0.304. The minimum absolute atomic E-state index is 0.159. The molecule has 2 saturated heterocycles.